The van der Waals surface area contributed by atoms with E-state index >= 15 is 0 Å². The number of aromatic nitrogens is 3. The molecule has 0 radical (unpaired) electrons. The molecule has 10 heteroatoms. The largest absolute Gasteiger partial charge is 0.513 e. The smallest absolute Gasteiger partial charge is 0.477 e. The van der Waals surface area contributed by atoms with Gasteiger partial charge in [0.05, 0.1) is 31.5 Å². The van der Waals surface area contributed by atoms with E-state index in [1.807, 2.05) is 44.4 Å². The minimum absolute atomic E-state index is 0.243. The Labute approximate surface area is 201 Å². The molecule has 2 aromatic carbocycles. The Morgan fingerprint density at radius 1 is 1.09 bits per heavy atom. The van der Waals surface area contributed by atoms with Crippen molar-refractivity contribution in [2.24, 2.45) is 0 Å². The summed E-state index contributed by atoms with van der Waals surface area (Å²) in [6, 6.07) is 15.9. The summed E-state index contributed by atoms with van der Waals surface area (Å²) < 4.78 is 22.0. The average molecular weight is 479 g/mol. The molecule has 0 bridgehead atoms. The number of nitrogens with zero attached hydrogens (tertiary/aromatic N) is 4. The molecule has 35 heavy (non-hydrogen) atoms. The molecular formula is C25H26N4O6. The van der Waals surface area contributed by atoms with Crippen LogP contribution in [0.25, 0.3) is 22.4 Å². The second-order valence-electron chi connectivity index (χ2n) is 8.10. The van der Waals surface area contributed by atoms with Crippen molar-refractivity contribution in [3.8, 4) is 22.9 Å². The monoisotopic (exact) mass is 478 g/mol. The Hall–Kier alpha value is -4.18. The normalized spacial score (nSPS) is 11.1. The maximum Gasteiger partial charge on any atom is 0.513 e. The van der Waals surface area contributed by atoms with Crippen LogP contribution in [0.15, 0.2) is 63.8 Å². The summed E-state index contributed by atoms with van der Waals surface area (Å²) in [5.41, 5.74) is 3.28. The van der Waals surface area contributed by atoms with E-state index in [2.05, 4.69) is 19.8 Å². The van der Waals surface area contributed by atoms with E-state index in [0.29, 0.717) is 29.3 Å². The zero-order valence-electron chi connectivity index (χ0n) is 19.8. The summed E-state index contributed by atoms with van der Waals surface area (Å²) in [7, 11) is 5.26. The van der Waals surface area contributed by atoms with Crippen LogP contribution in [0.4, 0.5) is 4.79 Å². The van der Waals surface area contributed by atoms with Gasteiger partial charge in [-0.3, -0.25) is 4.57 Å². The number of fused-ring (bicyclic) bond motifs is 1. The van der Waals surface area contributed by atoms with Gasteiger partial charge in [0.15, 0.2) is 5.58 Å². The Balaban J connectivity index is 1.50. The standard InChI is InChI=1S/C25H26N4O6/c1-28(2)12-5-13-33-23-11-9-20(26-27-23)18-7-4-6-17(14-18)16-29-21-15-19(34-25(31)32-3)8-10-22(21)35-24(29)30/h4,6-11,14-15H,5,12-13,16H2,1-3H3. The zero-order valence-corrected chi connectivity index (χ0v) is 19.8. The van der Waals surface area contributed by atoms with Crippen molar-refractivity contribution in [3.05, 3.63) is 70.7 Å². The van der Waals surface area contributed by atoms with E-state index in [1.54, 1.807) is 18.2 Å². The van der Waals surface area contributed by atoms with Crippen LogP contribution in [0, 0.1) is 0 Å². The van der Waals surface area contributed by atoms with Crippen LogP contribution in [0.3, 0.4) is 0 Å². The van der Waals surface area contributed by atoms with Crippen molar-refractivity contribution in [1.29, 1.82) is 0 Å². The van der Waals surface area contributed by atoms with Gasteiger partial charge in [-0.25, -0.2) is 9.59 Å². The minimum atomic E-state index is -0.847. The Bertz CT molecular complexity index is 1360. The minimum Gasteiger partial charge on any atom is -0.477 e. The van der Waals surface area contributed by atoms with Gasteiger partial charge < -0.3 is 23.5 Å². The van der Waals surface area contributed by atoms with Crippen LogP contribution in [0.2, 0.25) is 0 Å². The quantitative estimate of drug-likeness (QED) is 0.203. The molecule has 0 fully saturated rings. The van der Waals surface area contributed by atoms with Gasteiger partial charge in [0.25, 0.3) is 0 Å². The number of oxazole rings is 1. The molecule has 182 valence electrons. The van der Waals surface area contributed by atoms with Crippen molar-refractivity contribution < 1.29 is 23.4 Å². The molecule has 0 unspecified atom stereocenters. The first-order chi connectivity index (χ1) is 16.9. The number of benzene rings is 2. The third-order valence-electron chi connectivity index (χ3n) is 5.21. The van der Waals surface area contributed by atoms with Crippen molar-refractivity contribution >= 4 is 17.3 Å². The van der Waals surface area contributed by atoms with Crippen molar-refractivity contribution in [1.82, 2.24) is 19.7 Å². The van der Waals surface area contributed by atoms with E-state index in [-0.39, 0.29) is 12.3 Å². The Morgan fingerprint density at radius 3 is 2.69 bits per heavy atom. The molecule has 0 N–H and O–H groups in total. The molecule has 4 rings (SSSR count). The van der Waals surface area contributed by atoms with Crippen LogP contribution in [0.5, 0.6) is 11.6 Å². The number of carbonyl (C=O) groups excluding carboxylic acids is 1. The molecule has 2 heterocycles. The van der Waals surface area contributed by atoms with Crippen LogP contribution in [-0.2, 0) is 11.3 Å². The molecular weight excluding hydrogens is 452 g/mol. The van der Waals surface area contributed by atoms with E-state index < -0.39 is 11.9 Å². The third kappa shape index (κ3) is 6.04. The van der Waals surface area contributed by atoms with Crippen molar-refractivity contribution in [2.45, 2.75) is 13.0 Å². The van der Waals surface area contributed by atoms with E-state index in [4.69, 9.17) is 13.9 Å². The van der Waals surface area contributed by atoms with Gasteiger partial charge in [0.2, 0.25) is 5.88 Å². The number of ether oxygens (including phenoxy) is 3. The van der Waals surface area contributed by atoms with Gasteiger partial charge >= 0.3 is 11.9 Å². The van der Waals surface area contributed by atoms with Gasteiger partial charge in [0, 0.05) is 24.2 Å². The van der Waals surface area contributed by atoms with Crippen molar-refractivity contribution in [2.75, 3.05) is 34.4 Å². The number of hydrogen-bond donors (Lipinski definition) is 0. The highest BCUT2D eigenvalue weighted by Gasteiger charge is 2.13. The fourth-order valence-corrected chi connectivity index (χ4v) is 3.51. The third-order valence-corrected chi connectivity index (χ3v) is 5.21. The fraction of sp³-hybridized carbons (Fsp3) is 0.280. The highest BCUT2D eigenvalue weighted by Crippen LogP contribution is 2.23. The maximum atomic E-state index is 12.5. The molecule has 0 aliphatic heterocycles. The predicted octanol–water partition coefficient (Wildman–Crippen LogP) is 3.58. The van der Waals surface area contributed by atoms with Crippen LogP contribution < -0.4 is 15.2 Å². The number of methoxy groups -OCH3 is 1. The van der Waals surface area contributed by atoms with E-state index in [1.165, 1.54) is 17.7 Å². The molecule has 0 saturated carbocycles. The lowest BCUT2D eigenvalue weighted by molar-refractivity contribution is 0.121. The molecule has 0 atom stereocenters. The lowest BCUT2D eigenvalue weighted by Gasteiger charge is -2.10. The van der Waals surface area contributed by atoms with Crippen molar-refractivity contribution in [3.63, 3.8) is 0 Å². The molecule has 2 aromatic heterocycles. The van der Waals surface area contributed by atoms with E-state index in [9.17, 15) is 9.59 Å². The topological polar surface area (TPSA) is 109 Å². The van der Waals surface area contributed by atoms with Crippen LogP contribution in [0.1, 0.15) is 12.0 Å². The molecule has 0 aliphatic rings. The molecule has 10 nitrogen and oxygen atoms in total. The zero-order chi connectivity index (χ0) is 24.8. The summed E-state index contributed by atoms with van der Waals surface area (Å²) in [6.07, 6.45) is 0.0529. The second kappa shape index (κ2) is 10.8. The summed E-state index contributed by atoms with van der Waals surface area (Å²) in [4.78, 5) is 26.0. The second-order valence-corrected chi connectivity index (χ2v) is 8.10. The average Bonchev–Trinajstić information content (AvgIpc) is 3.16. The highest BCUT2D eigenvalue weighted by atomic mass is 16.7. The van der Waals surface area contributed by atoms with Gasteiger partial charge in [-0.2, -0.15) is 0 Å². The van der Waals surface area contributed by atoms with Gasteiger partial charge in [-0.15, -0.1) is 10.2 Å². The first kappa shape index (κ1) is 24.0. The van der Waals surface area contributed by atoms with Gasteiger partial charge in [-0.05, 0) is 50.3 Å². The summed E-state index contributed by atoms with van der Waals surface area (Å²) in [5, 5.41) is 8.45. The lowest BCUT2D eigenvalue weighted by atomic mass is 10.1. The summed E-state index contributed by atoms with van der Waals surface area (Å²) >= 11 is 0. The molecule has 0 amide bonds. The summed E-state index contributed by atoms with van der Waals surface area (Å²) in [6.45, 7) is 1.76. The van der Waals surface area contributed by atoms with Gasteiger partial charge in [-0.1, -0.05) is 18.2 Å². The Kier molecular flexibility index (Phi) is 7.41. The Morgan fingerprint density at radius 2 is 1.94 bits per heavy atom. The highest BCUT2D eigenvalue weighted by molar-refractivity contribution is 5.76. The van der Waals surface area contributed by atoms with Crippen LogP contribution in [-0.4, -0.2) is 60.2 Å². The van der Waals surface area contributed by atoms with Gasteiger partial charge in [0.1, 0.15) is 5.75 Å². The number of hydrogen-bond acceptors (Lipinski definition) is 9. The molecule has 0 spiro atoms. The molecule has 4 aromatic rings. The fourth-order valence-electron chi connectivity index (χ4n) is 3.51. The predicted molar refractivity (Wildman–Crippen MR) is 129 cm³/mol. The summed E-state index contributed by atoms with van der Waals surface area (Å²) in [5.74, 6) is 0.202. The number of rotatable bonds is 9. The lowest BCUT2D eigenvalue weighted by Crippen LogP contribution is -2.15. The molecule has 0 saturated heterocycles. The van der Waals surface area contributed by atoms with Crippen LogP contribution >= 0.6 is 0 Å². The maximum absolute atomic E-state index is 12.5. The first-order valence-corrected chi connectivity index (χ1v) is 11.0. The molecule has 0 aliphatic carbocycles. The first-order valence-electron chi connectivity index (χ1n) is 11.0. The number of carbonyl (C=O) groups is 1. The van der Waals surface area contributed by atoms with E-state index in [0.717, 1.165) is 24.1 Å². The SMILES string of the molecule is COC(=O)Oc1ccc2oc(=O)n(Cc3cccc(-c4ccc(OCCCN(C)C)nn4)c3)c2c1.